The van der Waals surface area contributed by atoms with Crippen LogP contribution in [-0.2, 0) is 6.54 Å². The minimum Gasteiger partial charge on any atom is -0.378 e. The molecule has 140 valence electrons. The predicted molar refractivity (Wildman–Crippen MR) is 124 cm³/mol. The molecule has 0 saturated heterocycles. The number of aryl methyl sites for hydroxylation is 1. The van der Waals surface area contributed by atoms with Crippen molar-refractivity contribution in [1.29, 1.82) is 0 Å². The quantitative estimate of drug-likeness (QED) is 0.295. The normalized spacial score (nSPS) is 12.0. The topological polar surface area (TPSA) is 7.12 Å². The van der Waals surface area contributed by atoms with E-state index in [-0.39, 0.29) is 0 Å². The number of anilines is 1. The summed E-state index contributed by atoms with van der Waals surface area (Å²) in [4.78, 5) is 2.11. The lowest BCUT2D eigenvalue weighted by Crippen LogP contribution is -2.33. The average Bonchev–Trinajstić information content (AvgIpc) is 3.09. The van der Waals surface area contributed by atoms with Crippen LogP contribution in [0.1, 0.15) is 17.5 Å². The van der Waals surface area contributed by atoms with Crippen LogP contribution in [0, 0.1) is 0 Å². The molecule has 4 rings (SSSR count). The van der Waals surface area contributed by atoms with E-state index in [1.165, 1.54) is 37.2 Å². The van der Waals surface area contributed by atoms with Gasteiger partial charge in [-0.2, -0.15) is 4.57 Å². The van der Waals surface area contributed by atoms with Gasteiger partial charge in [0.1, 0.15) is 11.2 Å². The van der Waals surface area contributed by atoms with Crippen molar-refractivity contribution in [2.45, 2.75) is 13.5 Å². The van der Waals surface area contributed by atoms with E-state index in [0.29, 0.717) is 0 Å². The number of thiazole rings is 1. The molecule has 0 spiro atoms. The molecule has 1 heterocycles. The first-order valence-corrected chi connectivity index (χ1v) is 10.5. The van der Waals surface area contributed by atoms with Gasteiger partial charge in [-0.3, -0.25) is 0 Å². The number of hydrogen-bond donors (Lipinski definition) is 0. The van der Waals surface area contributed by atoms with Gasteiger partial charge in [0.15, 0.2) is 0 Å². The van der Waals surface area contributed by atoms with E-state index in [1.54, 1.807) is 0 Å². The summed E-state index contributed by atoms with van der Waals surface area (Å²) in [7, 11) is 4.12. The Labute approximate surface area is 170 Å². The monoisotopic (exact) mass is 385 g/mol. The SMILES string of the molecule is CC[n+]1c(C=CC=Cc2ccc(N(C)C)cc2)sc2ccc3ccccc3c21. The highest BCUT2D eigenvalue weighted by atomic mass is 32.1. The second-order valence-electron chi connectivity index (χ2n) is 7.02. The molecule has 0 saturated carbocycles. The summed E-state index contributed by atoms with van der Waals surface area (Å²) in [6, 6.07) is 21.7. The molecule has 0 bridgehead atoms. The minimum absolute atomic E-state index is 0.962. The standard InChI is InChI=1S/C25H25N2S/c1-4-27-24(12-8-5-9-19-13-16-21(17-14-19)26(2)3)28-23-18-15-20-10-6-7-11-22(20)25(23)27/h5-18H,4H2,1-3H3/q+1. The van der Waals surface area contributed by atoms with Gasteiger partial charge in [0.2, 0.25) is 5.52 Å². The molecule has 0 aliphatic heterocycles. The third-order valence-corrected chi connectivity index (χ3v) is 6.09. The van der Waals surface area contributed by atoms with E-state index >= 15 is 0 Å². The molecule has 0 fully saturated rings. The van der Waals surface area contributed by atoms with Crippen molar-refractivity contribution in [2.24, 2.45) is 0 Å². The lowest BCUT2D eigenvalue weighted by atomic mass is 10.1. The first-order valence-electron chi connectivity index (χ1n) is 9.63. The van der Waals surface area contributed by atoms with Crippen LogP contribution in [-0.4, -0.2) is 14.1 Å². The molecule has 3 aromatic carbocycles. The summed E-state index contributed by atoms with van der Waals surface area (Å²) in [5, 5.41) is 3.90. The molecule has 0 amide bonds. The van der Waals surface area contributed by atoms with Gasteiger partial charge in [-0.05, 0) is 42.1 Å². The van der Waals surface area contributed by atoms with Crippen molar-refractivity contribution >= 4 is 50.2 Å². The van der Waals surface area contributed by atoms with Gasteiger partial charge in [-0.15, -0.1) is 0 Å². The zero-order valence-electron chi connectivity index (χ0n) is 16.6. The molecule has 0 N–H and O–H groups in total. The van der Waals surface area contributed by atoms with Crippen LogP contribution in [0.3, 0.4) is 0 Å². The zero-order chi connectivity index (χ0) is 19.5. The maximum atomic E-state index is 2.42. The molecule has 1 aromatic heterocycles. The summed E-state index contributed by atoms with van der Waals surface area (Å²) in [6.07, 6.45) is 8.62. The number of nitrogens with zero attached hydrogens (tertiary/aromatic N) is 2. The van der Waals surface area contributed by atoms with E-state index in [0.717, 1.165) is 6.54 Å². The van der Waals surface area contributed by atoms with Crippen molar-refractivity contribution in [3.63, 3.8) is 0 Å². The molecule has 4 aromatic rings. The van der Waals surface area contributed by atoms with Crippen LogP contribution in [0.5, 0.6) is 0 Å². The molecule has 0 aliphatic rings. The largest absolute Gasteiger partial charge is 0.378 e. The molecule has 3 heteroatoms. The fourth-order valence-corrected chi connectivity index (χ4v) is 4.66. The molecule has 28 heavy (non-hydrogen) atoms. The van der Waals surface area contributed by atoms with Crippen LogP contribution < -0.4 is 9.47 Å². The Kier molecular flexibility index (Phi) is 5.27. The predicted octanol–water partition coefficient (Wildman–Crippen LogP) is 6.15. The zero-order valence-corrected chi connectivity index (χ0v) is 17.4. The van der Waals surface area contributed by atoms with Crippen LogP contribution in [0.4, 0.5) is 5.69 Å². The van der Waals surface area contributed by atoms with E-state index < -0.39 is 0 Å². The lowest BCUT2D eigenvalue weighted by Gasteiger charge is -2.11. The molecule has 0 atom stereocenters. The van der Waals surface area contributed by atoms with Crippen molar-refractivity contribution in [1.82, 2.24) is 0 Å². The molecule has 0 radical (unpaired) electrons. The first-order chi connectivity index (χ1) is 13.7. The van der Waals surface area contributed by atoms with Crippen LogP contribution in [0.15, 0.2) is 72.8 Å². The maximum Gasteiger partial charge on any atom is 0.262 e. The van der Waals surface area contributed by atoms with Crippen molar-refractivity contribution in [3.05, 3.63) is 83.4 Å². The summed E-state index contributed by atoms with van der Waals surface area (Å²) >= 11 is 1.85. The second-order valence-corrected chi connectivity index (χ2v) is 8.08. The summed E-state index contributed by atoms with van der Waals surface area (Å²) in [6.45, 7) is 3.18. The van der Waals surface area contributed by atoms with Gasteiger partial charge in [0, 0.05) is 25.9 Å². The highest BCUT2D eigenvalue weighted by Crippen LogP contribution is 2.28. The third-order valence-electron chi connectivity index (χ3n) is 4.98. The van der Waals surface area contributed by atoms with Crippen LogP contribution >= 0.6 is 11.3 Å². The van der Waals surface area contributed by atoms with Gasteiger partial charge in [0.25, 0.3) is 5.01 Å². The lowest BCUT2D eigenvalue weighted by molar-refractivity contribution is -0.664. The van der Waals surface area contributed by atoms with Crippen molar-refractivity contribution in [3.8, 4) is 0 Å². The Morgan fingerprint density at radius 3 is 2.39 bits per heavy atom. The minimum atomic E-state index is 0.962. The smallest absolute Gasteiger partial charge is 0.262 e. The van der Waals surface area contributed by atoms with Gasteiger partial charge in [-0.1, -0.05) is 66.0 Å². The Bertz CT molecular complexity index is 1160. The van der Waals surface area contributed by atoms with Crippen LogP contribution in [0.2, 0.25) is 0 Å². The summed E-state index contributed by atoms with van der Waals surface area (Å²) < 4.78 is 3.75. The van der Waals surface area contributed by atoms with Gasteiger partial charge >= 0.3 is 0 Å². The fraction of sp³-hybridized carbons (Fsp3) is 0.160. The Hall–Kier alpha value is -2.91. The first kappa shape index (κ1) is 18.5. The van der Waals surface area contributed by atoms with Crippen molar-refractivity contribution in [2.75, 3.05) is 19.0 Å². The van der Waals surface area contributed by atoms with Gasteiger partial charge in [0.05, 0.1) is 5.39 Å². The summed E-state index contributed by atoms with van der Waals surface area (Å²) in [5.74, 6) is 0. The highest BCUT2D eigenvalue weighted by Gasteiger charge is 2.19. The number of rotatable bonds is 5. The van der Waals surface area contributed by atoms with Crippen LogP contribution in [0.25, 0.3) is 33.1 Å². The second kappa shape index (κ2) is 7.99. The Morgan fingerprint density at radius 1 is 0.893 bits per heavy atom. The summed E-state index contributed by atoms with van der Waals surface area (Å²) in [5.41, 5.74) is 3.77. The number of fused-ring (bicyclic) bond motifs is 3. The molecule has 0 aliphatic carbocycles. The molecular weight excluding hydrogens is 360 g/mol. The van der Waals surface area contributed by atoms with Gasteiger partial charge in [-0.25, -0.2) is 0 Å². The maximum absolute atomic E-state index is 2.42. The number of benzene rings is 3. The fourth-order valence-electron chi connectivity index (χ4n) is 3.50. The van der Waals surface area contributed by atoms with E-state index in [2.05, 4.69) is 115 Å². The third kappa shape index (κ3) is 3.58. The van der Waals surface area contributed by atoms with Gasteiger partial charge < -0.3 is 4.90 Å². The molecule has 0 unspecified atom stereocenters. The average molecular weight is 386 g/mol. The Balaban J connectivity index is 1.63. The van der Waals surface area contributed by atoms with E-state index in [4.69, 9.17) is 0 Å². The molecule has 2 nitrogen and oxygen atoms in total. The van der Waals surface area contributed by atoms with E-state index in [9.17, 15) is 0 Å². The molecular formula is C25H25N2S+. The highest BCUT2D eigenvalue weighted by molar-refractivity contribution is 7.19. The van der Waals surface area contributed by atoms with E-state index in [1.807, 2.05) is 11.3 Å². The number of hydrogen-bond acceptors (Lipinski definition) is 2. The van der Waals surface area contributed by atoms with Crippen molar-refractivity contribution < 1.29 is 4.57 Å². The number of aromatic nitrogens is 1. The Morgan fingerprint density at radius 2 is 1.64 bits per heavy atom. The number of allylic oxidation sites excluding steroid dienone is 2.